The van der Waals surface area contributed by atoms with Crippen molar-refractivity contribution < 1.29 is 9.53 Å². The molecular weight excluding hydrogens is 248 g/mol. The van der Waals surface area contributed by atoms with Crippen LogP contribution < -0.4 is 0 Å². The molecule has 0 unspecified atom stereocenters. The zero-order valence-corrected chi connectivity index (χ0v) is 9.04. The monoisotopic (exact) mass is 254 g/mol. The van der Waals surface area contributed by atoms with E-state index in [1.165, 1.54) is 12.4 Å². The molecule has 0 saturated heterocycles. The molecule has 4 nitrogen and oxygen atoms in total. The first kappa shape index (κ1) is 10.7. The third-order valence-corrected chi connectivity index (χ3v) is 2.11. The van der Waals surface area contributed by atoms with Crippen molar-refractivity contribution in [3.8, 4) is 6.07 Å². The quantitative estimate of drug-likeness (QED) is 0.757. The molecule has 0 spiro atoms. The van der Waals surface area contributed by atoms with E-state index in [0.29, 0.717) is 4.47 Å². The van der Waals surface area contributed by atoms with E-state index in [1.807, 2.05) is 6.07 Å². The van der Waals surface area contributed by atoms with Crippen LogP contribution in [0.1, 0.15) is 22.8 Å². The molecule has 0 aromatic carbocycles. The molecule has 0 aliphatic carbocycles. The van der Waals surface area contributed by atoms with Gasteiger partial charge in [-0.1, -0.05) is 0 Å². The summed E-state index contributed by atoms with van der Waals surface area (Å²) in [5, 5.41) is 8.80. The number of hydrogen-bond acceptors (Lipinski definition) is 4. The second kappa shape index (κ2) is 4.72. The molecule has 1 heterocycles. The van der Waals surface area contributed by atoms with Crippen LogP contribution in [0.2, 0.25) is 0 Å². The van der Waals surface area contributed by atoms with Crippen LogP contribution in [-0.2, 0) is 4.74 Å². The van der Waals surface area contributed by atoms with Crippen molar-refractivity contribution in [3.05, 3.63) is 28.0 Å². The van der Waals surface area contributed by atoms with E-state index in [2.05, 4.69) is 20.9 Å². The molecule has 5 heteroatoms. The minimum atomic E-state index is -0.530. The number of carbonyl (C=O) groups is 1. The van der Waals surface area contributed by atoms with Gasteiger partial charge in [0.15, 0.2) is 0 Å². The van der Waals surface area contributed by atoms with Gasteiger partial charge in [0.25, 0.3) is 0 Å². The Bertz CT molecular complexity index is 398. The summed E-state index contributed by atoms with van der Waals surface area (Å²) in [5.41, 5.74) is 0.433. The molecule has 72 valence electrons. The highest BCUT2D eigenvalue weighted by Gasteiger charge is 2.14. The molecule has 1 aromatic heterocycles. The van der Waals surface area contributed by atoms with Gasteiger partial charge in [-0.3, -0.25) is 4.98 Å². The van der Waals surface area contributed by atoms with Crippen LogP contribution in [0, 0.1) is 11.3 Å². The molecule has 0 aliphatic rings. The van der Waals surface area contributed by atoms with E-state index >= 15 is 0 Å². The van der Waals surface area contributed by atoms with Crippen molar-refractivity contribution in [2.24, 2.45) is 0 Å². The molecule has 1 rings (SSSR count). The number of halogens is 1. The average molecular weight is 255 g/mol. The molecule has 0 radical (unpaired) electrons. The van der Waals surface area contributed by atoms with Gasteiger partial charge in [0, 0.05) is 12.4 Å². The number of esters is 1. The summed E-state index contributed by atoms with van der Waals surface area (Å²) in [5.74, 6) is -0.530. The van der Waals surface area contributed by atoms with Gasteiger partial charge < -0.3 is 4.74 Å². The van der Waals surface area contributed by atoms with Crippen LogP contribution in [-0.4, -0.2) is 17.6 Å². The van der Waals surface area contributed by atoms with Crippen molar-refractivity contribution in [3.63, 3.8) is 0 Å². The normalized spacial score (nSPS) is 9.21. The number of pyridine rings is 1. The van der Waals surface area contributed by atoms with Crippen LogP contribution in [0.25, 0.3) is 0 Å². The fourth-order valence-electron chi connectivity index (χ4n) is 0.912. The van der Waals surface area contributed by atoms with E-state index in [0.717, 1.165) is 0 Å². The molecule has 1 aromatic rings. The molecule has 0 bridgehead atoms. The van der Waals surface area contributed by atoms with Gasteiger partial charge in [-0.25, -0.2) is 4.79 Å². The molecule has 0 aliphatic heterocycles. The summed E-state index contributed by atoms with van der Waals surface area (Å²) in [4.78, 5) is 15.1. The Morgan fingerprint density at radius 1 is 1.71 bits per heavy atom. The Hall–Kier alpha value is -1.41. The fourth-order valence-corrected chi connectivity index (χ4v) is 1.33. The lowest BCUT2D eigenvalue weighted by Crippen LogP contribution is -2.07. The molecule has 0 amide bonds. The fraction of sp³-hybridized carbons (Fsp3) is 0.222. The number of nitriles is 1. The van der Waals surface area contributed by atoms with Crippen LogP contribution in [0.5, 0.6) is 0 Å². The van der Waals surface area contributed by atoms with Crippen molar-refractivity contribution in [1.82, 2.24) is 4.98 Å². The lowest BCUT2D eigenvalue weighted by molar-refractivity contribution is 0.0525. The maximum Gasteiger partial charge on any atom is 0.341 e. The number of carbonyl (C=O) groups excluding carboxylic acids is 1. The topological polar surface area (TPSA) is 63.0 Å². The van der Waals surface area contributed by atoms with Gasteiger partial charge in [0.2, 0.25) is 0 Å². The number of rotatable bonds is 2. The second-order valence-electron chi connectivity index (χ2n) is 2.38. The van der Waals surface area contributed by atoms with Gasteiger partial charge in [-0.05, 0) is 22.9 Å². The summed E-state index contributed by atoms with van der Waals surface area (Å²) in [6, 6.07) is 1.92. The lowest BCUT2D eigenvalue weighted by Gasteiger charge is -2.03. The number of ether oxygens (including phenoxy) is 1. The lowest BCUT2D eigenvalue weighted by atomic mass is 10.1. The van der Waals surface area contributed by atoms with E-state index in [-0.39, 0.29) is 17.7 Å². The van der Waals surface area contributed by atoms with Crippen LogP contribution in [0.3, 0.4) is 0 Å². The zero-order valence-electron chi connectivity index (χ0n) is 7.45. The van der Waals surface area contributed by atoms with Gasteiger partial charge in [0.1, 0.15) is 6.07 Å². The van der Waals surface area contributed by atoms with E-state index in [1.54, 1.807) is 6.92 Å². The highest BCUT2D eigenvalue weighted by Crippen LogP contribution is 2.18. The zero-order chi connectivity index (χ0) is 10.6. The standard InChI is InChI=1S/C9H7BrN2O2/c1-2-14-9(13)7-4-12-5-8(10)6(7)3-11/h4-5H,2H2,1H3. The first-order valence-electron chi connectivity index (χ1n) is 3.91. The summed E-state index contributed by atoms with van der Waals surface area (Å²) in [7, 11) is 0. The third kappa shape index (κ3) is 2.09. The molecule has 14 heavy (non-hydrogen) atoms. The van der Waals surface area contributed by atoms with Crippen LogP contribution in [0.4, 0.5) is 0 Å². The number of hydrogen-bond donors (Lipinski definition) is 0. The SMILES string of the molecule is CCOC(=O)c1cncc(Br)c1C#N. The maximum absolute atomic E-state index is 11.3. The van der Waals surface area contributed by atoms with E-state index in [4.69, 9.17) is 10.00 Å². The summed E-state index contributed by atoms with van der Waals surface area (Å²) < 4.78 is 5.27. The van der Waals surface area contributed by atoms with Crippen molar-refractivity contribution >= 4 is 21.9 Å². The predicted octanol–water partition coefficient (Wildman–Crippen LogP) is 1.89. The molecule has 0 saturated carbocycles. The minimum absolute atomic E-state index is 0.184. The second-order valence-corrected chi connectivity index (χ2v) is 3.23. The van der Waals surface area contributed by atoms with Crippen LogP contribution in [0.15, 0.2) is 16.9 Å². The van der Waals surface area contributed by atoms with Crippen molar-refractivity contribution in [2.75, 3.05) is 6.61 Å². The summed E-state index contributed by atoms with van der Waals surface area (Å²) in [6.07, 6.45) is 2.78. The Kier molecular flexibility index (Phi) is 3.60. The van der Waals surface area contributed by atoms with E-state index < -0.39 is 5.97 Å². The van der Waals surface area contributed by atoms with E-state index in [9.17, 15) is 4.79 Å². The Morgan fingerprint density at radius 3 is 3.00 bits per heavy atom. The van der Waals surface area contributed by atoms with Crippen molar-refractivity contribution in [1.29, 1.82) is 5.26 Å². The molecule has 0 N–H and O–H groups in total. The van der Waals surface area contributed by atoms with Gasteiger partial charge in [-0.15, -0.1) is 0 Å². The Balaban J connectivity index is 3.15. The Morgan fingerprint density at radius 2 is 2.43 bits per heavy atom. The molecular formula is C9H7BrN2O2. The first-order valence-corrected chi connectivity index (χ1v) is 4.70. The minimum Gasteiger partial charge on any atom is -0.462 e. The maximum atomic E-state index is 11.3. The largest absolute Gasteiger partial charge is 0.462 e. The summed E-state index contributed by atoms with van der Waals surface area (Å²) >= 11 is 3.13. The van der Waals surface area contributed by atoms with Gasteiger partial charge >= 0.3 is 5.97 Å². The first-order chi connectivity index (χ1) is 6.70. The number of nitrogens with zero attached hydrogens (tertiary/aromatic N) is 2. The average Bonchev–Trinajstić information content (AvgIpc) is 2.17. The molecule has 0 fully saturated rings. The predicted molar refractivity (Wildman–Crippen MR) is 52.6 cm³/mol. The number of aromatic nitrogens is 1. The third-order valence-electron chi connectivity index (χ3n) is 1.51. The summed E-state index contributed by atoms with van der Waals surface area (Å²) in [6.45, 7) is 1.98. The highest BCUT2D eigenvalue weighted by atomic mass is 79.9. The smallest absolute Gasteiger partial charge is 0.341 e. The Labute approximate surface area is 89.6 Å². The van der Waals surface area contributed by atoms with Crippen molar-refractivity contribution in [2.45, 2.75) is 6.92 Å². The van der Waals surface area contributed by atoms with Gasteiger partial charge in [-0.2, -0.15) is 5.26 Å². The van der Waals surface area contributed by atoms with Crippen LogP contribution >= 0.6 is 15.9 Å². The highest BCUT2D eigenvalue weighted by molar-refractivity contribution is 9.10. The molecule has 0 atom stereocenters. The van der Waals surface area contributed by atoms with Gasteiger partial charge in [0.05, 0.1) is 22.2 Å².